The predicted octanol–water partition coefficient (Wildman–Crippen LogP) is 4.03. The first kappa shape index (κ1) is 24.1. The number of nitro groups is 2. The summed E-state index contributed by atoms with van der Waals surface area (Å²) in [7, 11) is -3.07. The van der Waals surface area contributed by atoms with Gasteiger partial charge in [0.1, 0.15) is 4.90 Å². The molecule has 0 radical (unpaired) electrons. The zero-order chi connectivity index (χ0) is 24.9. The van der Waals surface area contributed by atoms with E-state index in [4.69, 9.17) is 8.92 Å². The van der Waals surface area contributed by atoms with E-state index in [2.05, 4.69) is 10.5 Å². The number of aryl methyl sites for hydroxylation is 1. The largest absolute Gasteiger partial charge is 0.493 e. The number of nitro benzene ring substituents is 2. The Morgan fingerprint density at radius 1 is 0.971 bits per heavy atom. The van der Waals surface area contributed by atoms with Crippen LogP contribution in [-0.2, 0) is 10.1 Å². The summed E-state index contributed by atoms with van der Waals surface area (Å²) in [6.45, 7) is 1.49. The van der Waals surface area contributed by atoms with E-state index in [0.717, 1.165) is 6.07 Å². The van der Waals surface area contributed by atoms with Gasteiger partial charge in [0.2, 0.25) is 0 Å². The van der Waals surface area contributed by atoms with Crippen molar-refractivity contribution in [3.05, 3.63) is 92.0 Å². The van der Waals surface area contributed by atoms with Crippen molar-refractivity contribution in [2.24, 2.45) is 5.10 Å². The molecule has 12 nitrogen and oxygen atoms in total. The number of anilines is 1. The molecule has 0 fully saturated rings. The van der Waals surface area contributed by atoms with Gasteiger partial charge in [-0.3, -0.25) is 25.7 Å². The van der Waals surface area contributed by atoms with Gasteiger partial charge in [-0.1, -0.05) is 12.1 Å². The number of methoxy groups -OCH3 is 1. The fraction of sp³-hybridized carbons (Fsp3) is 0.0952. The van der Waals surface area contributed by atoms with Gasteiger partial charge < -0.3 is 8.92 Å². The van der Waals surface area contributed by atoms with Crippen LogP contribution in [-0.4, -0.2) is 31.6 Å². The average Bonchev–Trinajstić information content (AvgIpc) is 2.80. The van der Waals surface area contributed by atoms with Crippen molar-refractivity contribution >= 4 is 33.4 Å². The smallest absolute Gasteiger partial charge is 0.339 e. The minimum absolute atomic E-state index is 0.0736. The second kappa shape index (κ2) is 9.95. The lowest BCUT2D eigenvalue weighted by atomic mass is 10.2. The standard InChI is InChI=1S/C21H18N4O8S/c1-14-6-8-18(12-19(14)25(28)29)34(30,31)33-20-9-7-15(10-21(20)32-2)13-22-23-16-4-3-5-17(11-16)24(26)27/h3-13,23H,1-2H3. The van der Waals surface area contributed by atoms with Crippen molar-refractivity contribution in [2.75, 3.05) is 12.5 Å². The summed E-state index contributed by atoms with van der Waals surface area (Å²) in [6.07, 6.45) is 1.39. The van der Waals surface area contributed by atoms with E-state index in [-0.39, 0.29) is 27.8 Å². The van der Waals surface area contributed by atoms with Gasteiger partial charge in [-0.15, -0.1) is 0 Å². The molecule has 0 amide bonds. The Kier molecular flexibility index (Phi) is 7.06. The molecule has 0 aliphatic carbocycles. The van der Waals surface area contributed by atoms with Crippen LogP contribution >= 0.6 is 0 Å². The number of benzene rings is 3. The van der Waals surface area contributed by atoms with Gasteiger partial charge in [-0.05, 0) is 42.8 Å². The van der Waals surface area contributed by atoms with Crippen LogP contribution < -0.4 is 14.3 Å². The predicted molar refractivity (Wildman–Crippen MR) is 123 cm³/mol. The number of non-ortho nitro benzene ring substituents is 1. The zero-order valence-corrected chi connectivity index (χ0v) is 18.7. The van der Waals surface area contributed by atoms with Gasteiger partial charge in [0.25, 0.3) is 11.4 Å². The highest BCUT2D eigenvalue weighted by Crippen LogP contribution is 2.31. The molecule has 176 valence electrons. The van der Waals surface area contributed by atoms with Gasteiger partial charge in [-0.2, -0.15) is 13.5 Å². The Hall–Kier alpha value is -4.52. The second-order valence-electron chi connectivity index (χ2n) is 6.83. The summed E-state index contributed by atoms with van der Waals surface area (Å²) in [5.41, 5.74) is 3.43. The third-order valence-electron chi connectivity index (χ3n) is 4.52. The number of ether oxygens (including phenoxy) is 1. The topological polar surface area (TPSA) is 163 Å². The highest BCUT2D eigenvalue weighted by molar-refractivity contribution is 7.87. The molecule has 0 heterocycles. The van der Waals surface area contributed by atoms with E-state index in [1.165, 1.54) is 68.8 Å². The molecule has 0 bridgehead atoms. The zero-order valence-electron chi connectivity index (χ0n) is 17.9. The van der Waals surface area contributed by atoms with Crippen LogP contribution in [0.2, 0.25) is 0 Å². The van der Waals surface area contributed by atoms with Crippen LogP contribution in [0, 0.1) is 27.2 Å². The molecule has 0 aromatic heterocycles. The number of hydrazone groups is 1. The molecular formula is C21H18N4O8S. The molecule has 0 spiro atoms. The molecule has 0 unspecified atom stereocenters. The fourth-order valence-corrected chi connectivity index (χ4v) is 3.77. The van der Waals surface area contributed by atoms with Crippen LogP contribution in [0.15, 0.2) is 70.7 Å². The van der Waals surface area contributed by atoms with Gasteiger partial charge in [0.15, 0.2) is 11.5 Å². The molecule has 0 aliphatic rings. The summed E-state index contributed by atoms with van der Waals surface area (Å²) >= 11 is 0. The molecule has 1 N–H and O–H groups in total. The van der Waals surface area contributed by atoms with Crippen molar-refractivity contribution in [3.8, 4) is 11.5 Å². The van der Waals surface area contributed by atoms with Crippen LogP contribution in [0.1, 0.15) is 11.1 Å². The number of nitrogens with zero attached hydrogens (tertiary/aromatic N) is 3. The Labute approximate surface area is 193 Å². The Morgan fingerprint density at radius 2 is 1.74 bits per heavy atom. The minimum Gasteiger partial charge on any atom is -0.493 e. The molecule has 34 heavy (non-hydrogen) atoms. The van der Waals surface area contributed by atoms with E-state index < -0.39 is 20.0 Å². The van der Waals surface area contributed by atoms with Crippen LogP contribution in [0.3, 0.4) is 0 Å². The normalized spacial score (nSPS) is 11.2. The molecule has 3 aromatic rings. The molecule has 0 saturated heterocycles. The van der Waals surface area contributed by atoms with Crippen molar-refractivity contribution in [2.45, 2.75) is 11.8 Å². The Morgan fingerprint density at radius 3 is 2.41 bits per heavy atom. The summed E-state index contributed by atoms with van der Waals surface area (Å²) < 4.78 is 35.7. The van der Waals surface area contributed by atoms with E-state index >= 15 is 0 Å². The summed E-state index contributed by atoms with van der Waals surface area (Å²) in [5, 5.41) is 26.0. The van der Waals surface area contributed by atoms with Crippen molar-refractivity contribution in [3.63, 3.8) is 0 Å². The van der Waals surface area contributed by atoms with E-state index in [9.17, 15) is 28.6 Å². The van der Waals surface area contributed by atoms with E-state index in [0.29, 0.717) is 16.8 Å². The molecule has 0 saturated carbocycles. The lowest BCUT2D eigenvalue weighted by Gasteiger charge is -2.11. The summed E-state index contributed by atoms with van der Waals surface area (Å²) in [6, 6.07) is 13.5. The third kappa shape index (κ3) is 5.63. The second-order valence-corrected chi connectivity index (χ2v) is 8.38. The maximum absolute atomic E-state index is 12.7. The summed E-state index contributed by atoms with van der Waals surface area (Å²) in [5.74, 6) is -0.0565. The maximum Gasteiger partial charge on any atom is 0.339 e. The summed E-state index contributed by atoms with van der Waals surface area (Å²) in [4.78, 5) is 20.4. The first-order chi connectivity index (χ1) is 16.1. The molecular weight excluding hydrogens is 468 g/mol. The van der Waals surface area contributed by atoms with Gasteiger partial charge in [0, 0.05) is 23.8 Å². The van der Waals surface area contributed by atoms with Crippen LogP contribution in [0.25, 0.3) is 0 Å². The average molecular weight is 486 g/mol. The number of hydrogen-bond acceptors (Lipinski definition) is 10. The molecule has 13 heteroatoms. The molecule has 0 aliphatic heterocycles. The van der Waals surface area contributed by atoms with Crippen molar-refractivity contribution in [1.29, 1.82) is 0 Å². The van der Waals surface area contributed by atoms with Crippen molar-refractivity contribution in [1.82, 2.24) is 0 Å². The number of hydrogen-bond donors (Lipinski definition) is 1. The fourth-order valence-electron chi connectivity index (χ4n) is 2.81. The minimum atomic E-state index is -4.38. The lowest BCUT2D eigenvalue weighted by Crippen LogP contribution is -2.11. The highest BCUT2D eigenvalue weighted by atomic mass is 32.2. The molecule has 3 aromatic carbocycles. The Balaban J connectivity index is 1.79. The lowest BCUT2D eigenvalue weighted by molar-refractivity contribution is -0.385. The highest BCUT2D eigenvalue weighted by Gasteiger charge is 2.23. The van der Waals surface area contributed by atoms with Gasteiger partial charge >= 0.3 is 10.1 Å². The maximum atomic E-state index is 12.7. The van der Waals surface area contributed by atoms with Gasteiger partial charge in [0.05, 0.1) is 28.9 Å². The Bertz CT molecular complexity index is 1390. The van der Waals surface area contributed by atoms with Gasteiger partial charge in [-0.25, -0.2) is 0 Å². The monoisotopic (exact) mass is 486 g/mol. The third-order valence-corrected chi connectivity index (χ3v) is 5.75. The number of rotatable bonds is 9. The van der Waals surface area contributed by atoms with E-state index in [1.807, 2.05) is 0 Å². The number of nitrogens with one attached hydrogen (secondary N) is 1. The first-order valence-electron chi connectivity index (χ1n) is 9.52. The van der Waals surface area contributed by atoms with Crippen molar-refractivity contribution < 1.29 is 27.2 Å². The first-order valence-corrected chi connectivity index (χ1v) is 10.9. The quantitative estimate of drug-likeness (QED) is 0.203. The SMILES string of the molecule is COc1cc(C=NNc2cccc([N+](=O)[O-])c2)ccc1OS(=O)(=O)c1ccc(C)c([N+](=O)[O-])c1. The van der Waals surface area contributed by atoms with Crippen LogP contribution in [0.4, 0.5) is 17.1 Å². The van der Waals surface area contributed by atoms with Crippen LogP contribution in [0.5, 0.6) is 11.5 Å². The molecule has 3 rings (SSSR count). The van der Waals surface area contributed by atoms with E-state index in [1.54, 1.807) is 6.07 Å². The molecule has 0 atom stereocenters.